The second kappa shape index (κ2) is 7.94. The topological polar surface area (TPSA) is 69.0 Å². The smallest absolute Gasteiger partial charge is 0.194 e. The first-order chi connectivity index (χ1) is 14.0. The Hall–Kier alpha value is -2.74. The lowest BCUT2D eigenvalue weighted by atomic mass is 10.2. The van der Waals surface area contributed by atoms with Crippen LogP contribution in [-0.4, -0.2) is 24.3 Å². The summed E-state index contributed by atoms with van der Waals surface area (Å²) in [5, 5.41) is 2.75. The van der Waals surface area contributed by atoms with Crippen LogP contribution in [0, 0.1) is 0 Å². The molecule has 0 aliphatic heterocycles. The number of carbonyl (C=O) groups excluding carboxylic acids is 1. The van der Waals surface area contributed by atoms with Gasteiger partial charge < -0.3 is 0 Å². The van der Waals surface area contributed by atoms with Crippen molar-refractivity contribution in [3.63, 3.8) is 0 Å². The zero-order valence-electron chi connectivity index (χ0n) is 15.0. The summed E-state index contributed by atoms with van der Waals surface area (Å²) in [5.41, 5.74) is 2.10. The van der Waals surface area contributed by atoms with Gasteiger partial charge in [-0.3, -0.25) is 9.36 Å². The third kappa shape index (κ3) is 4.03. The Labute approximate surface area is 177 Å². The molecule has 0 saturated carbocycles. The van der Waals surface area contributed by atoms with Gasteiger partial charge in [0.1, 0.15) is 0 Å². The molecule has 0 bridgehead atoms. The Morgan fingerprint density at radius 1 is 1.07 bits per heavy atom. The maximum Gasteiger partial charge on any atom is 0.194 e. The Kier molecular flexibility index (Phi) is 5.36. The number of carbonyl (C=O) groups is 1. The largest absolute Gasteiger partial charge is 0.296 e. The SMILES string of the molecule is O=Cc1cccn1-c1nc(-c2cc(Cl)ccc2S(=O)(=O)Cc2ccccc2)cs1. The van der Waals surface area contributed by atoms with Crippen LogP contribution in [0.5, 0.6) is 0 Å². The normalized spacial score (nSPS) is 11.5. The maximum absolute atomic E-state index is 13.1. The second-order valence-electron chi connectivity index (χ2n) is 6.32. The van der Waals surface area contributed by atoms with E-state index in [1.165, 1.54) is 17.4 Å². The van der Waals surface area contributed by atoms with Crippen molar-refractivity contribution in [1.29, 1.82) is 0 Å². The van der Waals surface area contributed by atoms with E-state index in [4.69, 9.17) is 11.6 Å². The molecular weight excluding hydrogens is 428 g/mol. The lowest BCUT2D eigenvalue weighted by Gasteiger charge is -2.10. The summed E-state index contributed by atoms with van der Waals surface area (Å²) in [6.45, 7) is 0. The number of sulfone groups is 1. The molecule has 0 radical (unpaired) electrons. The Morgan fingerprint density at radius 2 is 1.86 bits per heavy atom. The highest BCUT2D eigenvalue weighted by molar-refractivity contribution is 7.90. The van der Waals surface area contributed by atoms with E-state index in [0.29, 0.717) is 32.7 Å². The number of aldehydes is 1. The summed E-state index contributed by atoms with van der Waals surface area (Å²) in [4.78, 5) is 15.9. The van der Waals surface area contributed by atoms with Gasteiger partial charge in [-0.1, -0.05) is 41.9 Å². The quantitative estimate of drug-likeness (QED) is 0.392. The highest BCUT2D eigenvalue weighted by Gasteiger charge is 2.22. The molecule has 0 saturated heterocycles. The van der Waals surface area contributed by atoms with Gasteiger partial charge >= 0.3 is 0 Å². The van der Waals surface area contributed by atoms with Crippen molar-refractivity contribution in [1.82, 2.24) is 9.55 Å². The highest BCUT2D eigenvalue weighted by atomic mass is 35.5. The maximum atomic E-state index is 13.1. The van der Waals surface area contributed by atoms with Gasteiger partial charge in [-0.05, 0) is 35.9 Å². The number of halogens is 1. The molecule has 29 heavy (non-hydrogen) atoms. The van der Waals surface area contributed by atoms with E-state index in [9.17, 15) is 13.2 Å². The number of hydrogen-bond acceptors (Lipinski definition) is 5. The summed E-state index contributed by atoms with van der Waals surface area (Å²) >= 11 is 7.48. The highest BCUT2D eigenvalue weighted by Crippen LogP contribution is 2.33. The molecular formula is C21H15ClN2O3S2. The van der Waals surface area contributed by atoms with Crippen molar-refractivity contribution >= 4 is 39.1 Å². The molecule has 146 valence electrons. The first-order valence-corrected chi connectivity index (χ1v) is 11.5. The fraction of sp³-hybridized carbons (Fsp3) is 0.0476. The zero-order chi connectivity index (χ0) is 20.4. The average molecular weight is 443 g/mol. The van der Waals surface area contributed by atoms with E-state index < -0.39 is 9.84 Å². The van der Waals surface area contributed by atoms with Gasteiger partial charge in [0.05, 0.1) is 22.0 Å². The van der Waals surface area contributed by atoms with E-state index in [0.717, 1.165) is 6.29 Å². The van der Waals surface area contributed by atoms with E-state index >= 15 is 0 Å². The number of hydrogen-bond donors (Lipinski definition) is 0. The molecule has 0 aliphatic rings. The fourth-order valence-corrected chi connectivity index (χ4v) is 5.57. The van der Waals surface area contributed by atoms with Crippen molar-refractivity contribution < 1.29 is 13.2 Å². The summed E-state index contributed by atoms with van der Waals surface area (Å²) in [7, 11) is -3.62. The molecule has 0 N–H and O–H groups in total. The molecule has 0 unspecified atom stereocenters. The monoisotopic (exact) mass is 442 g/mol. The molecule has 2 heterocycles. The minimum absolute atomic E-state index is 0.119. The summed E-state index contributed by atoms with van der Waals surface area (Å²) in [6, 6.07) is 17.1. The lowest BCUT2D eigenvalue weighted by Crippen LogP contribution is -2.07. The van der Waals surface area contributed by atoms with Gasteiger partial charge in [0, 0.05) is 22.2 Å². The number of rotatable bonds is 6. The lowest BCUT2D eigenvalue weighted by molar-refractivity contribution is 0.111. The number of benzene rings is 2. The molecule has 8 heteroatoms. The van der Waals surface area contributed by atoms with E-state index in [1.54, 1.807) is 52.5 Å². The Bertz CT molecular complexity index is 1280. The van der Waals surface area contributed by atoms with Crippen LogP contribution >= 0.6 is 22.9 Å². The van der Waals surface area contributed by atoms with Crippen LogP contribution in [0.2, 0.25) is 5.02 Å². The molecule has 2 aromatic heterocycles. The van der Waals surface area contributed by atoms with Gasteiger partial charge in [0.25, 0.3) is 0 Å². The zero-order valence-corrected chi connectivity index (χ0v) is 17.4. The molecule has 0 spiro atoms. The summed E-state index contributed by atoms with van der Waals surface area (Å²) in [6.07, 6.45) is 2.48. The fourth-order valence-electron chi connectivity index (χ4n) is 3.01. The van der Waals surface area contributed by atoms with E-state index in [2.05, 4.69) is 4.98 Å². The third-order valence-electron chi connectivity index (χ3n) is 4.35. The van der Waals surface area contributed by atoms with Crippen LogP contribution < -0.4 is 0 Å². The molecule has 0 atom stereocenters. The molecule has 0 fully saturated rings. The molecule has 4 rings (SSSR count). The van der Waals surface area contributed by atoms with Crippen molar-refractivity contribution in [2.24, 2.45) is 0 Å². The number of thiazole rings is 1. The van der Waals surface area contributed by atoms with Crippen LogP contribution in [0.1, 0.15) is 16.1 Å². The minimum atomic E-state index is -3.62. The van der Waals surface area contributed by atoms with Crippen LogP contribution in [0.4, 0.5) is 0 Å². The molecule has 0 aliphatic carbocycles. The summed E-state index contributed by atoms with van der Waals surface area (Å²) in [5.74, 6) is -0.119. The first-order valence-electron chi connectivity index (χ1n) is 8.63. The first kappa shape index (κ1) is 19.6. The minimum Gasteiger partial charge on any atom is -0.296 e. The van der Waals surface area contributed by atoms with Gasteiger partial charge in [-0.15, -0.1) is 11.3 Å². The van der Waals surface area contributed by atoms with Gasteiger partial charge in [-0.2, -0.15) is 0 Å². The van der Waals surface area contributed by atoms with Crippen LogP contribution in [0.25, 0.3) is 16.4 Å². The molecule has 5 nitrogen and oxygen atoms in total. The third-order valence-corrected chi connectivity index (χ3v) is 7.17. The van der Waals surface area contributed by atoms with Crippen LogP contribution in [0.15, 0.2) is 77.1 Å². The number of aromatic nitrogens is 2. The van der Waals surface area contributed by atoms with Gasteiger partial charge in [-0.25, -0.2) is 13.4 Å². The average Bonchev–Trinajstić information content (AvgIpc) is 3.37. The van der Waals surface area contributed by atoms with Crippen molar-refractivity contribution in [2.45, 2.75) is 10.6 Å². The van der Waals surface area contributed by atoms with Gasteiger partial charge in [0.2, 0.25) is 0 Å². The predicted molar refractivity (Wildman–Crippen MR) is 115 cm³/mol. The standard InChI is InChI=1S/C21H15ClN2O3S2/c22-16-8-9-20(29(26,27)14-15-5-2-1-3-6-15)18(11-16)19-13-28-21(23-19)24-10-4-7-17(24)12-25/h1-13H,14H2. The Balaban J connectivity index is 1.78. The van der Waals surface area contributed by atoms with Crippen molar-refractivity contribution in [3.05, 3.63) is 88.5 Å². The van der Waals surface area contributed by atoms with E-state index in [1.807, 2.05) is 18.2 Å². The van der Waals surface area contributed by atoms with Crippen LogP contribution in [0.3, 0.4) is 0 Å². The Morgan fingerprint density at radius 3 is 2.62 bits per heavy atom. The van der Waals surface area contributed by atoms with Gasteiger partial charge in [0.15, 0.2) is 21.3 Å². The predicted octanol–water partition coefficient (Wildman–Crippen LogP) is 5.04. The summed E-state index contributed by atoms with van der Waals surface area (Å²) < 4.78 is 27.9. The number of nitrogens with zero attached hydrogens (tertiary/aromatic N) is 2. The second-order valence-corrected chi connectivity index (χ2v) is 9.55. The molecule has 2 aromatic carbocycles. The van der Waals surface area contributed by atoms with Crippen molar-refractivity contribution in [2.75, 3.05) is 0 Å². The molecule has 0 amide bonds. The van der Waals surface area contributed by atoms with Crippen molar-refractivity contribution in [3.8, 4) is 16.4 Å². The van der Waals surface area contributed by atoms with E-state index in [-0.39, 0.29) is 10.6 Å². The van der Waals surface area contributed by atoms with Crippen LogP contribution in [-0.2, 0) is 15.6 Å². The molecule has 4 aromatic rings.